The van der Waals surface area contributed by atoms with Gasteiger partial charge in [0.15, 0.2) is 11.6 Å². The van der Waals surface area contributed by atoms with Gasteiger partial charge in [0.1, 0.15) is 4.88 Å². The molecule has 1 aromatic carbocycles. The predicted molar refractivity (Wildman–Crippen MR) is 82.2 cm³/mol. The largest absolute Gasteiger partial charge is 0.494 e. The van der Waals surface area contributed by atoms with Gasteiger partial charge in [-0.05, 0) is 25.1 Å². The highest BCUT2D eigenvalue weighted by molar-refractivity contribution is 7.10. The highest BCUT2D eigenvalue weighted by Gasteiger charge is 2.33. The maximum absolute atomic E-state index is 13.9. The third kappa shape index (κ3) is 2.66. The maximum atomic E-state index is 13.9. The number of hydrogen-bond donors (Lipinski definition) is 0. The first-order valence-electron chi connectivity index (χ1n) is 6.78. The van der Waals surface area contributed by atoms with Gasteiger partial charge < -0.3 is 4.74 Å². The quantitative estimate of drug-likeness (QED) is 0.613. The third-order valence-electron chi connectivity index (χ3n) is 3.59. The molecule has 0 spiro atoms. The lowest BCUT2D eigenvalue weighted by Gasteiger charge is -2.07. The first-order valence-corrected chi connectivity index (χ1v) is 7.66. The van der Waals surface area contributed by atoms with Crippen LogP contribution in [0.25, 0.3) is 10.9 Å². The van der Waals surface area contributed by atoms with Crippen LogP contribution in [0, 0.1) is 12.7 Å². The van der Waals surface area contributed by atoms with Crippen molar-refractivity contribution in [3.8, 4) is 5.75 Å². The fourth-order valence-electron chi connectivity index (χ4n) is 2.50. The summed E-state index contributed by atoms with van der Waals surface area (Å²) in [5, 5.41) is 1.71. The van der Waals surface area contributed by atoms with Gasteiger partial charge in [0.2, 0.25) is 0 Å². The molecule has 24 heavy (non-hydrogen) atoms. The minimum absolute atomic E-state index is 0.0296. The zero-order valence-electron chi connectivity index (χ0n) is 12.6. The molecular weight excluding hydrogens is 346 g/mol. The molecular formula is C16H11F4NO2S. The van der Waals surface area contributed by atoms with E-state index in [1.54, 1.807) is 13.0 Å². The van der Waals surface area contributed by atoms with E-state index in [-0.39, 0.29) is 16.8 Å². The Morgan fingerprint density at radius 1 is 1.21 bits per heavy atom. The number of nitrogens with zero attached hydrogens (tertiary/aromatic N) is 1. The molecule has 3 aromatic rings. The van der Waals surface area contributed by atoms with Gasteiger partial charge in [-0.3, -0.25) is 9.36 Å². The van der Waals surface area contributed by atoms with E-state index in [0.717, 1.165) is 17.5 Å². The number of hydrogen-bond acceptors (Lipinski definition) is 3. The molecule has 3 nitrogen and oxygen atoms in total. The van der Waals surface area contributed by atoms with Gasteiger partial charge in [0, 0.05) is 22.5 Å². The zero-order valence-corrected chi connectivity index (χ0v) is 13.4. The molecule has 2 aromatic heterocycles. The predicted octanol–water partition coefficient (Wildman–Crippen LogP) is 4.87. The Labute approximate surface area is 138 Å². The molecule has 8 heteroatoms. The zero-order chi connectivity index (χ0) is 17.6. The number of rotatable bonds is 2. The molecule has 0 aliphatic heterocycles. The van der Waals surface area contributed by atoms with Crippen LogP contribution in [-0.4, -0.2) is 17.6 Å². The number of fused-ring (bicyclic) bond motifs is 1. The average Bonchev–Trinajstić information content (AvgIpc) is 3.09. The lowest BCUT2D eigenvalue weighted by Crippen LogP contribution is -2.13. The van der Waals surface area contributed by atoms with Crippen molar-refractivity contribution in [2.75, 3.05) is 7.11 Å². The van der Waals surface area contributed by atoms with Crippen LogP contribution in [0.4, 0.5) is 17.6 Å². The fourth-order valence-corrected chi connectivity index (χ4v) is 3.25. The summed E-state index contributed by atoms with van der Waals surface area (Å²) in [6.45, 7) is 1.62. The van der Waals surface area contributed by atoms with Crippen molar-refractivity contribution in [1.82, 2.24) is 4.57 Å². The second-order valence-electron chi connectivity index (χ2n) is 5.17. The number of carbonyl (C=O) groups excluding carboxylic acids is 1. The Hall–Kier alpha value is -2.35. The van der Waals surface area contributed by atoms with Crippen molar-refractivity contribution in [2.45, 2.75) is 13.1 Å². The smallest absolute Gasteiger partial charge is 0.425 e. The van der Waals surface area contributed by atoms with Gasteiger partial charge in [-0.15, -0.1) is 11.3 Å². The summed E-state index contributed by atoms with van der Waals surface area (Å²) in [4.78, 5) is 11.7. The second kappa shape index (κ2) is 5.62. The van der Waals surface area contributed by atoms with Crippen LogP contribution in [0.3, 0.4) is 0 Å². The highest BCUT2D eigenvalue weighted by atomic mass is 32.1. The van der Waals surface area contributed by atoms with Crippen LogP contribution in [0.15, 0.2) is 29.6 Å². The summed E-state index contributed by atoms with van der Waals surface area (Å²) in [6, 6.07) is 5.02. The number of aryl methyl sites for hydroxylation is 1. The molecule has 126 valence electrons. The number of ether oxygens (including phenoxy) is 1. The summed E-state index contributed by atoms with van der Waals surface area (Å²) in [7, 11) is 1.32. The SMILES string of the molecule is COc1cc2cc(C)n(C(=O)c3csc(C(F)(F)F)c3)c2cc1F. The Morgan fingerprint density at radius 2 is 1.92 bits per heavy atom. The third-order valence-corrected chi connectivity index (χ3v) is 4.56. The van der Waals surface area contributed by atoms with Gasteiger partial charge in [-0.25, -0.2) is 4.39 Å². The fraction of sp³-hybridized carbons (Fsp3) is 0.188. The highest BCUT2D eigenvalue weighted by Crippen LogP contribution is 2.35. The summed E-state index contributed by atoms with van der Waals surface area (Å²) >= 11 is 0.449. The van der Waals surface area contributed by atoms with Crippen LogP contribution in [0.5, 0.6) is 5.75 Å². The van der Waals surface area contributed by atoms with Crippen LogP contribution in [-0.2, 0) is 6.18 Å². The molecule has 0 saturated heterocycles. The summed E-state index contributed by atoms with van der Waals surface area (Å²) in [6.07, 6.45) is -4.50. The summed E-state index contributed by atoms with van der Waals surface area (Å²) in [5.74, 6) is -1.26. The first kappa shape index (κ1) is 16.5. The standard InChI is InChI=1S/C16H11F4NO2S/c1-8-3-9-4-13(23-2)11(17)6-12(9)21(8)15(22)10-5-14(24-7-10)16(18,19)20/h3-7H,1-2H3. The van der Waals surface area contributed by atoms with Crippen LogP contribution in [0.1, 0.15) is 20.9 Å². The van der Waals surface area contributed by atoms with Crippen molar-refractivity contribution < 1.29 is 27.1 Å². The number of carbonyl (C=O) groups is 1. The molecule has 0 aliphatic carbocycles. The van der Waals surface area contributed by atoms with E-state index >= 15 is 0 Å². The van der Waals surface area contributed by atoms with E-state index < -0.39 is 22.8 Å². The van der Waals surface area contributed by atoms with E-state index in [4.69, 9.17) is 4.74 Å². The molecule has 0 fully saturated rings. The lowest BCUT2D eigenvalue weighted by atomic mass is 10.2. The van der Waals surface area contributed by atoms with Crippen molar-refractivity contribution in [1.29, 1.82) is 0 Å². The van der Waals surface area contributed by atoms with Gasteiger partial charge in [-0.2, -0.15) is 13.2 Å². The number of benzene rings is 1. The molecule has 0 bridgehead atoms. The molecule has 0 atom stereocenters. The van der Waals surface area contributed by atoms with Gasteiger partial charge in [0.25, 0.3) is 5.91 Å². The summed E-state index contributed by atoms with van der Waals surface area (Å²) in [5.41, 5.74) is 0.669. The van der Waals surface area contributed by atoms with E-state index in [0.29, 0.717) is 22.4 Å². The molecule has 0 amide bonds. The number of alkyl halides is 3. The first-order chi connectivity index (χ1) is 11.2. The summed E-state index contributed by atoms with van der Waals surface area (Å²) < 4.78 is 58.1. The van der Waals surface area contributed by atoms with E-state index in [9.17, 15) is 22.4 Å². The second-order valence-corrected chi connectivity index (χ2v) is 6.08. The Kier molecular flexibility index (Phi) is 3.87. The van der Waals surface area contributed by atoms with Gasteiger partial charge in [0.05, 0.1) is 18.2 Å². The van der Waals surface area contributed by atoms with Crippen LogP contribution in [0.2, 0.25) is 0 Å². The minimum Gasteiger partial charge on any atom is -0.494 e. The van der Waals surface area contributed by atoms with Crippen LogP contribution >= 0.6 is 11.3 Å². The minimum atomic E-state index is -4.50. The van der Waals surface area contributed by atoms with Crippen molar-refractivity contribution in [3.63, 3.8) is 0 Å². The number of methoxy groups -OCH3 is 1. The van der Waals surface area contributed by atoms with E-state index in [2.05, 4.69) is 0 Å². The van der Waals surface area contributed by atoms with Crippen molar-refractivity contribution in [3.05, 3.63) is 51.6 Å². The average molecular weight is 357 g/mol. The Morgan fingerprint density at radius 3 is 2.50 bits per heavy atom. The molecule has 3 rings (SSSR count). The van der Waals surface area contributed by atoms with Gasteiger partial charge >= 0.3 is 6.18 Å². The number of thiophene rings is 1. The number of halogens is 4. The molecule has 0 aliphatic rings. The van der Waals surface area contributed by atoms with Crippen LogP contribution < -0.4 is 4.74 Å². The molecule has 0 unspecified atom stereocenters. The molecule has 2 heterocycles. The van der Waals surface area contributed by atoms with Crippen molar-refractivity contribution >= 4 is 28.1 Å². The van der Waals surface area contributed by atoms with E-state index in [1.165, 1.54) is 17.7 Å². The normalized spacial score (nSPS) is 11.9. The molecule has 0 radical (unpaired) electrons. The monoisotopic (exact) mass is 357 g/mol. The molecule has 0 N–H and O–H groups in total. The lowest BCUT2D eigenvalue weighted by molar-refractivity contribution is -0.134. The van der Waals surface area contributed by atoms with E-state index in [1.807, 2.05) is 0 Å². The maximum Gasteiger partial charge on any atom is 0.425 e. The number of aromatic nitrogens is 1. The Balaban J connectivity index is 2.12. The molecule has 0 saturated carbocycles. The topological polar surface area (TPSA) is 31.2 Å². The van der Waals surface area contributed by atoms with Gasteiger partial charge in [-0.1, -0.05) is 0 Å². The van der Waals surface area contributed by atoms with Crippen molar-refractivity contribution in [2.24, 2.45) is 0 Å². The Bertz CT molecular complexity index is 940.